The third-order valence-electron chi connectivity index (χ3n) is 2.67. The van der Waals surface area contributed by atoms with E-state index < -0.39 is 0 Å². The molecule has 18 heavy (non-hydrogen) atoms. The number of methoxy groups -OCH3 is 1. The zero-order chi connectivity index (χ0) is 13.4. The van der Waals surface area contributed by atoms with E-state index in [0.717, 1.165) is 11.3 Å². The number of rotatable bonds is 6. The maximum Gasteiger partial charge on any atom is 0.307 e. The van der Waals surface area contributed by atoms with Gasteiger partial charge in [-0.3, -0.25) is 4.79 Å². The Morgan fingerprint density at radius 3 is 2.83 bits per heavy atom. The molecule has 0 aliphatic carbocycles. The third kappa shape index (κ3) is 4.46. The summed E-state index contributed by atoms with van der Waals surface area (Å²) in [5, 5.41) is 8.67. The maximum absolute atomic E-state index is 11.2. The van der Waals surface area contributed by atoms with Crippen LogP contribution in [0.5, 0.6) is 0 Å². The highest BCUT2D eigenvalue weighted by Crippen LogP contribution is 2.16. The van der Waals surface area contributed by atoms with Crippen LogP contribution in [0.15, 0.2) is 24.3 Å². The van der Waals surface area contributed by atoms with Gasteiger partial charge in [-0.15, -0.1) is 0 Å². The van der Waals surface area contributed by atoms with Gasteiger partial charge in [-0.1, -0.05) is 12.1 Å². The monoisotopic (exact) mass is 246 g/mol. The van der Waals surface area contributed by atoms with Gasteiger partial charge in [0.1, 0.15) is 0 Å². The second kappa shape index (κ2) is 7.33. The smallest absolute Gasteiger partial charge is 0.307 e. The molecule has 0 saturated carbocycles. The molecular weight excluding hydrogens is 228 g/mol. The molecule has 0 heterocycles. The van der Waals surface area contributed by atoms with Gasteiger partial charge in [-0.05, 0) is 24.6 Å². The highest BCUT2D eigenvalue weighted by atomic mass is 16.5. The number of hydrogen-bond donors (Lipinski definition) is 0. The van der Waals surface area contributed by atoms with E-state index >= 15 is 0 Å². The first kappa shape index (κ1) is 14.0. The van der Waals surface area contributed by atoms with Crippen molar-refractivity contribution in [1.29, 1.82) is 5.26 Å². The van der Waals surface area contributed by atoms with Crippen molar-refractivity contribution in [2.75, 3.05) is 25.1 Å². The SMILES string of the molecule is COC(=O)CCN(CCC#N)c1cccc(C)c1. The number of carbonyl (C=O) groups excluding carboxylic acids is 1. The van der Waals surface area contributed by atoms with E-state index in [1.54, 1.807) is 0 Å². The lowest BCUT2D eigenvalue weighted by atomic mass is 10.2. The van der Waals surface area contributed by atoms with Crippen LogP contribution in [0, 0.1) is 18.3 Å². The van der Waals surface area contributed by atoms with E-state index in [-0.39, 0.29) is 5.97 Å². The predicted molar refractivity (Wildman–Crippen MR) is 70.3 cm³/mol. The number of benzene rings is 1. The Labute approximate surface area is 108 Å². The van der Waals surface area contributed by atoms with E-state index in [4.69, 9.17) is 5.26 Å². The summed E-state index contributed by atoms with van der Waals surface area (Å²) < 4.78 is 4.63. The predicted octanol–water partition coefficient (Wildman–Crippen LogP) is 2.28. The summed E-state index contributed by atoms with van der Waals surface area (Å²) in [4.78, 5) is 13.2. The van der Waals surface area contributed by atoms with Gasteiger partial charge in [-0.2, -0.15) is 5.26 Å². The summed E-state index contributed by atoms with van der Waals surface area (Å²) in [5.41, 5.74) is 2.20. The topological polar surface area (TPSA) is 53.3 Å². The van der Waals surface area contributed by atoms with Gasteiger partial charge in [0.25, 0.3) is 0 Å². The first-order valence-electron chi connectivity index (χ1n) is 5.92. The Morgan fingerprint density at radius 1 is 1.44 bits per heavy atom. The number of esters is 1. The van der Waals surface area contributed by atoms with Crippen molar-refractivity contribution in [3.8, 4) is 6.07 Å². The number of ether oxygens (including phenoxy) is 1. The molecule has 0 aliphatic rings. The van der Waals surface area contributed by atoms with E-state index in [2.05, 4.69) is 16.9 Å². The molecule has 0 N–H and O–H groups in total. The average Bonchev–Trinajstić information content (AvgIpc) is 2.38. The number of carbonyl (C=O) groups is 1. The molecule has 0 unspecified atom stereocenters. The van der Waals surface area contributed by atoms with Crippen molar-refractivity contribution in [1.82, 2.24) is 0 Å². The molecule has 0 fully saturated rings. The van der Waals surface area contributed by atoms with Gasteiger partial charge >= 0.3 is 5.97 Å². The fourth-order valence-electron chi connectivity index (χ4n) is 1.71. The van der Waals surface area contributed by atoms with Crippen LogP contribution in [0.2, 0.25) is 0 Å². The molecule has 0 saturated heterocycles. The molecule has 0 radical (unpaired) electrons. The molecule has 1 rings (SSSR count). The van der Waals surface area contributed by atoms with Crippen LogP contribution in [-0.2, 0) is 9.53 Å². The minimum absolute atomic E-state index is 0.232. The fourth-order valence-corrected chi connectivity index (χ4v) is 1.71. The van der Waals surface area contributed by atoms with Crippen LogP contribution < -0.4 is 4.90 Å². The highest BCUT2D eigenvalue weighted by molar-refractivity contribution is 5.70. The Kier molecular flexibility index (Phi) is 5.72. The Balaban J connectivity index is 2.71. The molecule has 0 bridgehead atoms. The molecule has 0 aromatic heterocycles. The van der Waals surface area contributed by atoms with Gasteiger partial charge < -0.3 is 9.64 Å². The normalized spacial score (nSPS) is 9.61. The van der Waals surface area contributed by atoms with Gasteiger partial charge in [0.05, 0.1) is 26.0 Å². The van der Waals surface area contributed by atoms with Crippen LogP contribution in [0.1, 0.15) is 18.4 Å². The van der Waals surface area contributed by atoms with Gasteiger partial charge in [0.15, 0.2) is 0 Å². The highest BCUT2D eigenvalue weighted by Gasteiger charge is 2.09. The van der Waals surface area contributed by atoms with Crippen LogP contribution in [0.25, 0.3) is 0 Å². The van der Waals surface area contributed by atoms with Crippen molar-refractivity contribution in [3.05, 3.63) is 29.8 Å². The van der Waals surface area contributed by atoms with Crippen LogP contribution in [0.4, 0.5) is 5.69 Å². The lowest BCUT2D eigenvalue weighted by Gasteiger charge is -2.23. The number of anilines is 1. The molecule has 0 spiro atoms. The maximum atomic E-state index is 11.2. The van der Waals surface area contributed by atoms with E-state index in [9.17, 15) is 4.79 Å². The largest absolute Gasteiger partial charge is 0.469 e. The number of nitriles is 1. The molecule has 0 aliphatic heterocycles. The number of nitrogens with zero attached hydrogens (tertiary/aromatic N) is 2. The standard InChI is InChI=1S/C14H18N2O2/c1-12-5-3-6-13(11-12)16(9-4-8-15)10-7-14(17)18-2/h3,5-6,11H,4,7,9-10H2,1-2H3. The van der Waals surface area contributed by atoms with Crippen LogP contribution in [0.3, 0.4) is 0 Å². The summed E-state index contributed by atoms with van der Waals surface area (Å²) in [6.45, 7) is 3.21. The summed E-state index contributed by atoms with van der Waals surface area (Å²) in [5.74, 6) is -0.232. The fraction of sp³-hybridized carbons (Fsp3) is 0.429. The molecule has 96 valence electrons. The summed E-state index contributed by atoms with van der Waals surface area (Å²) in [6, 6.07) is 10.2. The molecule has 1 aromatic carbocycles. The lowest BCUT2D eigenvalue weighted by molar-refractivity contribution is -0.140. The molecule has 0 atom stereocenters. The first-order chi connectivity index (χ1) is 8.67. The molecule has 1 aromatic rings. The lowest BCUT2D eigenvalue weighted by Crippen LogP contribution is -2.27. The quantitative estimate of drug-likeness (QED) is 0.723. The summed E-state index contributed by atoms with van der Waals surface area (Å²) in [6.07, 6.45) is 0.769. The van der Waals surface area contributed by atoms with Crippen LogP contribution >= 0.6 is 0 Å². The second-order valence-corrected chi connectivity index (χ2v) is 4.06. The molecule has 4 heteroatoms. The zero-order valence-electron chi connectivity index (χ0n) is 10.8. The Hall–Kier alpha value is -2.02. The van der Waals surface area contributed by atoms with Gasteiger partial charge in [-0.25, -0.2) is 0 Å². The zero-order valence-corrected chi connectivity index (χ0v) is 10.8. The van der Waals surface area contributed by atoms with Crippen molar-refractivity contribution in [3.63, 3.8) is 0 Å². The second-order valence-electron chi connectivity index (χ2n) is 4.06. The third-order valence-corrected chi connectivity index (χ3v) is 2.67. The van der Waals surface area contributed by atoms with E-state index in [0.29, 0.717) is 25.9 Å². The van der Waals surface area contributed by atoms with Gasteiger partial charge in [0.2, 0.25) is 0 Å². The summed E-state index contributed by atoms with van der Waals surface area (Å²) >= 11 is 0. The molecule has 0 amide bonds. The van der Waals surface area contributed by atoms with Crippen molar-refractivity contribution in [2.45, 2.75) is 19.8 Å². The minimum atomic E-state index is -0.232. The van der Waals surface area contributed by atoms with Gasteiger partial charge in [0, 0.05) is 18.8 Å². The first-order valence-corrected chi connectivity index (χ1v) is 5.92. The van der Waals surface area contributed by atoms with E-state index in [1.807, 2.05) is 30.0 Å². The van der Waals surface area contributed by atoms with E-state index in [1.165, 1.54) is 7.11 Å². The van der Waals surface area contributed by atoms with Crippen molar-refractivity contribution in [2.24, 2.45) is 0 Å². The minimum Gasteiger partial charge on any atom is -0.469 e. The summed E-state index contributed by atoms with van der Waals surface area (Å²) in [7, 11) is 1.38. The Bertz CT molecular complexity index is 438. The number of hydrogen-bond acceptors (Lipinski definition) is 4. The number of aryl methyl sites for hydroxylation is 1. The van der Waals surface area contributed by atoms with Crippen molar-refractivity contribution < 1.29 is 9.53 Å². The van der Waals surface area contributed by atoms with Crippen LogP contribution in [-0.4, -0.2) is 26.2 Å². The van der Waals surface area contributed by atoms with Crippen molar-refractivity contribution >= 4 is 11.7 Å². The molecular formula is C14H18N2O2. The Morgan fingerprint density at radius 2 is 2.22 bits per heavy atom. The average molecular weight is 246 g/mol. The molecule has 4 nitrogen and oxygen atoms in total.